The highest BCUT2D eigenvalue weighted by Gasteiger charge is 2.27. The van der Waals surface area contributed by atoms with E-state index in [1.165, 1.54) is 21.8 Å². The Bertz CT molecular complexity index is 944. The lowest BCUT2D eigenvalue weighted by Gasteiger charge is -2.14. The molecule has 0 aliphatic carbocycles. The molecular weight excluding hydrogens is 390 g/mol. The smallest absolute Gasteiger partial charge is 0.226 e. The second-order valence-electron chi connectivity index (χ2n) is 7.22. The van der Waals surface area contributed by atoms with Crippen LogP contribution in [0.2, 0.25) is 5.02 Å². The minimum absolute atomic E-state index is 0.0435. The molecule has 2 atom stereocenters. The fourth-order valence-electron chi connectivity index (χ4n) is 3.69. The van der Waals surface area contributed by atoms with Crippen molar-refractivity contribution in [3.63, 3.8) is 0 Å². The van der Waals surface area contributed by atoms with Crippen LogP contribution in [-0.4, -0.2) is 30.0 Å². The second kappa shape index (κ2) is 8.86. The fraction of sp³-hybridized carbons (Fsp3) is 0.273. The number of amides is 1. The fourth-order valence-corrected chi connectivity index (χ4v) is 4.83. The van der Waals surface area contributed by atoms with Gasteiger partial charge in [0, 0.05) is 22.9 Å². The number of carbonyl (C=O) groups excluding carboxylic acids is 1. The first kappa shape index (κ1) is 19.1. The van der Waals surface area contributed by atoms with Crippen molar-refractivity contribution in [2.45, 2.75) is 25.4 Å². The van der Waals surface area contributed by atoms with Crippen LogP contribution in [0.4, 0.5) is 0 Å². The molecule has 1 saturated heterocycles. The van der Waals surface area contributed by atoms with E-state index in [1.807, 2.05) is 35.7 Å². The lowest BCUT2D eigenvalue weighted by molar-refractivity contribution is -0.901. The Morgan fingerprint density at radius 3 is 2.79 bits per heavy atom. The standard InChI is InChI=1S/C22H22ClN3OS/c23-20-9-5-4-8-19(20)22-25-18(15-28-22)12-21(27)24-17-10-11-26(14-17)13-16-6-2-1-3-7-16/h1-9,15,17H,10-14H2,(H,24,27)/p+1/t17-/m0/s1. The van der Waals surface area contributed by atoms with Gasteiger partial charge in [0.2, 0.25) is 5.91 Å². The number of thiazole rings is 1. The third-order valence-electron chi connectivity index (χ3n) is 5.04. The Morgan fingerprint density at radius 1 is 1.18 bits per heavy atom. The Kier molecular flexibility index (Phi) is 6.05. The molecule has 1 aromatic heterocycles. The monoisotopic (exact) mass is 412 g/mol. The van der Waals surface area contributed by atoms with E-state index in [2.05, 4.69) is 34.6 Å². The molecule has 2 N–H and O–H groups in total. The molecule has 1 unspecified atom stereocenters. The summed E-state index contributed by atoms with van der Waals surface area (Å²) in [5.41, 5.74) is 3.06. The van der Waals surface area contributed by atoms with Gasteiger partial charge in [-0.3, -0.25) is 4.79 Å². The number of nitrogens with zero attached hydrogens (tertiary/aromatic N) is 1. The maximum atomic E-state index is 12.5. The van der Waals surface area contributed by atoms with Crippen LogP contribution in [0.15, 0.2) is 60.0 Å². The average Bonchev–Trinajstić information content (AvgIpc) is 3.32. The van der Waals surface area contributed by atoms with Crippen LogP contribution in [0.3, 0.4) is 0 Å². The first-order valence-corrected chi connectivity index (χ1v) is 10.8. The number of quaternary nitrogens is 1. The molecule has 3 aromatic rings. The number of likely N-dealkylation sites (tertiary alicyclic amines) is 1. The van der Waals surface area contributed by atoms with Crippen LogP contribution in [0.25, 0.3) is 10.6 Å². The molecule has 144 valence electrons. The maximum absolute atomic E-state index is 12.5. The van der Waals surface area contributed by atoms with Crippen molar-refractivity contribution >= 4 is 28.8 Å². The number of hydrogen-bond acceptors (Lipinski definition) is 3. The van der Waals surface area contributed by atoms with Crippen LogP contribution in [0.1, 0.15) is 17.7 Å². The summed E-state index contributed by atoms with van der Waals surface area (Å²) < 4.78 is 0. The molecule has 1 aliphatic rings. The molecular formula is C22H23ClN3OS+. The molecule has 28 heavy (non-hydrogen) atoms. The van der Waals surface area contributed by atoms with Gasteiger partial charge in [0.25, 0.3) is 0 Å². The van der Waals surface area contributed by atoms with Gasteiger partial charge in [0.15, 0.2) is 0 Å². The van der Waals surface area contributed by atoms with Crippen LogP contribution < -0.4 is 10.2 Å². The van der Waals surface area contributed by atoms with Gasteiger partial charge in [-0.2, -0.15) is 0 Å². The first-order chi connectivity index (χ1) is 13.7. The van der Waals surface area contributed by atoms with Crippen molar-refractivity contribution in [2.75, 3.05) is 13.1 Å². The minimum atomic E-state index is 0.0435. The molecule has 1 aliphatic heterocycles. The summed E-state index contributed by atoms with van der Waals surface area (Å²) >= 11 is 7.77. The van der Waals surface area contributed by atoms with Gasteiger partial charge in [-0.15, -0.1) is 11.3 Å². The van der Waals surface area contributed by atoms with E-state index in [0.29, 0.717) is 11.4 Å². The molecule has 1 amide bonds. The number of benzene rings is 2. The van der Waals surface area contributed by atoms with Crippen LogP contribution in [0, 0.1) is 0 Å². The van der Waals surface area contributed by atoms with E-state index >= 15 is 0 Å². The lowest BCUT2D eigenvalue weighted by Crippen LogP contribution is -3.09. The second-order valence-corrected chi connectivity index (χ2v) is 8.49. The van der Waals surface area contributed by atoms with Gasteiger partial charge in [0.05, 0.1) is 36.3 Å². The Balaban J connectivity index is 1.29. The number of carbonyl (C=O) groups is 1. The number of rotatable bonds is 6. The third kappa shape index (κ3) is 4.79. The summed E-state index contributed by atoms with van der Waals surface area (Å²) in [5, 5.41) is 6.66. The molecule has 0 radical (unpaired) electrons. The summed E-state index contributed by atoms with van der Waals surface area (Å²) in [6.07, 6.45) is 1.33. The highest BCUT2D eigenvalue weighted by atomic mass is 35.5. The number of hydrogen-bond donors (Lipinski definition) is 2. The largest absolute Gasteiger partial charge is 0.347 e. The number of nitrogens with one attached hydrogen (secondary N) is 2. The van der Waals surface area contributed by atoms with Crippen molar-refractivity contribution in [3.8, 4) is 10.6 Å². The zero-order valence-electron chi connectivity index (χ0n) is 15.5. The van der Waals surface area contributed by atoms with Gasteiger partial charge in [-0.1, -0.05) is 60.1 Å². The van der Waals surface area contributed by atoms with Crippen molar-refractivity contribution in [1.29, 1.82) is 0 Å². The molecule has 0 saturated carbocycles. The highest BCUT2D eigenvalue weighted by Crippen LogP contribution is 2.30. The maximum Gasteiger partial charge on any atom is 0.226 e. The summed E-state index contributed by atoms with van der Waals surface area (Å²) in [6.45, 7) is 3.08. The normalized spacial score (nSPS) is 18.9. The van der Waals surface area contributed by atoms with Crippen molar-refractivity contribution in [3.05, 3.63) is 76.3 Å². The minimum Gasteiger partial charge on any atom is -0.347 e. The SMILES string of the molecule is O=C(Cc1csc(-c2ccccc2Cl)n1)N[C@H]1CC[NH+](Cc2ccccc2)C1. The summed E-state index contributed by atoms with van der Waals surface area (Å²) in [5.74, 6) is 0.0435. The Labute approximate surface area is 174 Å². The Hall–Kier alpha value is -2.21. The van der Waals surface area contributed by atoms with Gasteiger partial charge in [0.1, 0.15) is 11.6 Å². The molecule has 4 nitrogen and oxygen atoms in total. The molecule has 1 fully saturated rings. The van der Waals surface area contributed by atoms with Crippen molar-refractivity contribution in [1.82, 2.24) is 10.3 Å². The van der Waals surface area contributed by atoms with E-state index < -0.39 is 0 Å². The van der Waals surface area contributed by atoms with E-state index in [0.717, 1.165) is 42.3 Å². The van der Waals surface area contributed by atoms with Crippen LogP contribution >= 0.6 is 22.9 Å². The molecule has 6 heteroatoms. The quantitative estimate of drug-likeness (QED) is 0.653. The van der Waals surface area contributed by atoms with Crippen LogP contribution in [0.5, 0.6) is 0 Å². The Morgan fingerprint density at radius 2 is 1.96 bits per heavy atom. The van der Waals surface area contributed by atoms with E-state index in [1.54, 1.807) is 0 Å². The topological polar surface area (TPSA) is 46.4 Å². The van der Waals surface area contributed by atoms with Crippen molar-refractivity contribution in [2.24, 2.45) is 0 Å². The van der Waals surface area contributed by atoms with Gasteiger partial charge in [-0.25, -0.2) is 4.98 Å². The zero-order valence-corrected chi connectivity index (χ0v) is 17.1. The average molecular weight is 413 g/mol. The number of aromatic nitrogens is 1. The van der Waals surface area contributed by atoms with E-state index in [4.69, 9.17) is 11.6 Å². The molecule has 0 spiro atoms. The lowest BCUT2D eigenvalue weighted by atomic mass is 10.2. The summed E-state index contributed by atoms with van der Waals surface area (Å²) in [7, 11) is 0. The zero-order chi connectivity index (χ0) is 19.3. The third-order valence-corrected chi connectivity index (χ3v) is 6.30. The first-order valence-electron chi connectivity index (χ1n) is 9.53. The predicted molar refractivity (Wildman–Crippen MR) is 114 cm³/mol. The highest BCUT2D eigenvalue weighted by molar-refractivity contribution is 7.13. The molecule has 4 rings (SSSR count). The summed E-state index contributed by atoms with van der Waals surface area (Å²) in [6, 6.07) is 18.4. The van der Waals surface area contributed by atoms with Gasteiger partial charge >= 0.3 is 0 Å². The number of halogens is 1. The molecule has 0 bridgehead atoms. The summed E-state index contributed by atoms with van der Waals surface area (Å²) in [4.78, 5) is 18.6. The van der Waals surface area contributed by atoms with Gasteiger partial charge in [-0.05, 0) is 6.07 Å². The van der Waals surface area contributed by atoms with Gasteiger partial charge < -0.3 is 10.2 Å². The predicted octanol–water partition coefficient (Wildman–Crippen LogP) is 2.98. The molecule has 2 aromatic carbocycles. The van der Waals surface area contributed by atoms with Crippen LogP contribution in [-0.2, 0) is 17.8 Å². The van der Waals surface area contributed by atoms with Crippen molar-refractivity contribution < 1.29 is 9.69 Å². The van der Waals surface area contributed by atoms with E-state index in [-0.39, 0.29) is 11.9 Å². The van der Waals surface area contributed by atoms with E-state index in [9.17, 15) is 4.79 Å². The molecule has 2 heterocycles.